The fourth-order valence-electron chi connectivity index (χ4n) is 2.29. The van der Waals surface area contributed by atoms with Gasteiger partial charge in [0, 0.05) is 25.3 Å². The Balaban J connectivity index is 1.97. The van der Waals surface area contributed by atoms with Gasteiger partial charge in [0.2, 0.25) is 5.91 Å². The minimum absolute atomic E-state index is 0.0422. The maximum Gasteiger partial charge on any atom is 0.306 e. The van der Waals surface area contributed by atoms with Crippen LogP contribution in [0.2, 0.25) is 0 Å². The lowest BCUT2D eigenvalue weighted by atomic mass is 10.1. The maximum absolute atomic E-state index is 11.8. The summed E-state index contributed by atoms with van der Waals surface area (Å²) in [7, 11) is 0. The van der Waals surface area contributed by atoms with Gasteiger partial charge < -0.3 is 4.74 Å². The number of amides is 2. The zero-order valence-electron chi connectivity index (χ0n) is 9.27. The quantitative estimate of drug-likeness (QED) is 0.521. The molecule has 0 spiro atoms. The summed E-state index contributed by atoms with van der Waals surface area (Å²) in [6.45, 7) is 1.87. The fraction of sp³-hybridized carbons (Fsp3) is 0.727. The second kappa shape index (κ2) is 4.23. The monoisotopic (exact) mass is 225 g/mol. The van der Waals surface area contributed by atoms with Gasteiger partial charge in [-0.25, -0.2) is 0 Å². The Bertz CT molecular complexity index is 339. The summed E-state index contributed by atoms with van der Waals surface area (Å²) in [5.41, 5.74) is 0. The normalized spacial score (nSPS) is 28.4. The first-order valence-electron chi connectivity index (χ1n) is 5.69. The predicted octanol–water partition coefficient (Wildman–Crippen LogP) is 0.620. The third-order valence-corrected chi connectivity index (χ3v) is 3.05. The number of carbonyl (C=O) groups is 3. The molecule has 0 aromatic carbocycles. The van der Waals surface area contributed by atoms with E-state index in [1.165, 1.54) is 4.90 Å². The molecule has 0 bridgehead atoms. The fourth-order valence-corrected chi connectivity index (χ4v) is 2.29. The van der Waals surface area contributed by atoms with E-state index in [2.05, 4.69) is 0 Å². The van der Waals surface area contributed by atoms with Gasteiger partial charge in [-0.1, -0.05) is 6.92 Å². The first kappa shape index (κ1) is 11.1. The lowest BCUT2D eigenvalue weighted by Gasteiger charge is -2.12. The minimum atomic E-state index is -0.728. The van der Waals surface area contributed by atoms with Crippen molar-refractivity contribution >= 4 is 17.8 Å². The molecule has 2 saturated heterocycles. The number of hydrogen-bond donors (Lipinski definition) is 0. The highest BCUT2D eigenvalue weighted by atomic mass is 16.5. The summed E-state index contributed by atoms with van der Waals surface area (Å²) in [6.07, 6.45) is 1.90. The maximum atomic E-state index is 11.8. The standard InChI is InChI=1S/C11H15NO4/c1-2-3-10(14)16-8-6-7-4-5-9(13)12(7)11(8)15/h7-8H,2-6H2,1H3/t7-,8-/m1/s1. The predicted molar refractivity (Wildman–Crippen MR) is 54.3 cm³/mol. The van der Waals surface area contributed by atoms with Crippen LogP contribution in [0, 0.1) is 0 Å². The number of ether oxygens (including phenoxy) is 1. The van der Waals surface area contributed by atoms with E-state index in [-0.39, 0.29) is 23.8 Å². The van der Waals surface area contributed by atoms with Crippen LogP contribution < -0.4 is 0 Å². The number of hydrogen-bond acceptors (Lipinski definition) is 4. The van der Waals surface area contributed by atoms with Gasteiger partial charge in [-0.3, -0.25) is 19.3 Å². The molecule has 0 radical (unpaired) electrons. The summed E-state index contributed by atoms with van der Waals surface area (Å²) in [5, 5.41) is 0. The largest absolute Gasteiger partial charge is 0.452 e. The molecule has 0 unspecified atom stereocenters. The summed E-state index contributed by atoms with van der Waals surface area (Å²) < 4.78 is 5.07. The molecule has 2 amide bonds. The first-order chi connectivity index (χ1) is 7.63. The number of imide groups is 1. The summed E-state index contributed by atoms with van der Waals surface area (Å²) in [4.78, 5) is 35.7. The summed E-state index contributed by atoms with van der Waals surface area (Å²) in [6, 6.07) is -0.0422. The van der Waals surface area contributed by atoms with Crippen molar-refractivity contribution in [2.75, 3.05) is 0 Å². The van der Waals surface area contributed by atoms with Crippen molar-refractivity contribution < 1.29 is 19.1 Å². The van der Waals surface area contributed by atoms with Crippen LogP contribution in [0.3, 0.4) is 0 Å². The molecular formula is C11H15NO4. The first-order valence-corrected chi connectivity index (χ1v) is 5.69. The van der Waals surface area contributed by atoms with E-state index in [9.17, 15) is 14.4 Å². The SMILES string of the molecule is CCCC(=O)O[C@@H]1C[C@H]2CCC(=O)N2C1=O. The lowest BCUT2D eigenvalue weighted by molar-refractivity contribution is -0.158. The van der Waals surface area contributed by atoms with Crippen LogP contribution in [0.1, 0.15) is 39.0 Å². The average molecular weight is 225 g/mol. The van der Waals surface area contributed by atoms with Crippen molar-refractivity contribution in [2.24, 2.45) is 0 Å². The van der Waals surface area contributed by atoms with Crippen molar-refractivity contribution in [3.05, 3.63) is 0 Å². The molecule has 88 valence electrons. The Morgan fingerprint density at radius 2 is 2.25 bits per heavy atom. The Hall–Kier alpha value is -1.39. The Morgan fingerprint density at radius 1 is 1.50 bits per heavy atom. The third-order valence-electron chi connectivity index (χ3n) is 3.05. The highest BCUT2D eigenvalue weighted by Gasteiger charge is 2.48. The van der Waals surface area contributed by atoms with Gasteiger partial charge >= 0.3 is 5.97 Å². The van der Waals surface area contributed by atoms with Gasteiger partial charge in [0.1, 0.15) is 0 Å². The molecule has 2 atom stereocenters. The van der Waals surface area contributed by atoms with Gasteiger partial charge in [-0.05, 0) is 12.8 Å². The molecule has 0 N–H and O–H groups in total. The Kier molecular flexibility index (Phi) is 2.94. The van der Waals surface area contributed by atoms with Crippen LogP contribution in [0.4, 0.5) is 0 Å². The minimum Gasteiger partial charge on any atom is -0.452 e. The molecule has 0 saturated carbocycles. The number of rotatable bonds is 3. The number of esters is 1. The van der Waals surface area contributed by atoms with Crippen LogP contribution in [0.15, 0.2) is 0 Å². The molecule has 16 heavy (non-hydrogen) atoms. The van der Waals surface area contributed by atoms with E-state index in [1.54, 1.807) is 0 Å². The van der Waals surface area contributed by atoms with Gasteiger partial charge in [-0.2, -0.15) is 0 Å². The van der Waals surface area contributed by atoms with Crippen molar-refractivity contribution in [1.82, 2.24) is 4.90 Å². The zero-order valence-corrected chi connectivity index (χ0v) is 9.27. The second-order valence-corrected chi connectivity index (χ2v) is 4.26. The third kappa shape index (κ3) is 1.81. The molecule has 0 aliphatic carbocycles. The molecule has 2 rings (SSSR count). The number of fused-ring (bicyclic) bond motifs is 1. The highest BCUT2D eigenvalue weighted by molar-refractivity contribution is 6.01. The average Bonchev–Trinajstić information content (AvgIpc) is 2.71. The van der Waals surface area contributed by atoms with Crippen molar-refractivity contribution in [3.8, 4) is 0 Å². The van der Waals surface area contributed by atoms with Crippen LogP contribution in [-0.2, 0) is 19.1 Å². The van der Waals surface area contributed by atoms with Gasteiger partial charge in [0.05, 0.1) is 0 Å². The van der Waals surface area contributed by atoms with E-state index in [0.717, 1.165) is 0 Å². The van der Waals surface area contributed by atoms with Crippen LogP contribution in [0.5, 0.6) is 0 Å². The van der Waals surface area contributed by atoms with Crippen LogP contribution in [0.25, 0.3) is 0 Å². The van der Waals surface area contributed by atoms with Crippen molar-refractivity contribution in [1.29, 1.82) is 0 Å². The highest BCUT2D eigenvalue weighted by Crippen LogP contribution is 2.31. The van der Waals surface area contributed by atoms with Gasteiger partial charge in [0.25, 0.3) is 5.91 Å². The summed E-state index contributed by atoms with van der Waals surface area (Å²) in [5.74, 6) is -0.824. The molecule has 5 nitrogen and oxygen atoms in total. The van der Waals surface area contributed by atoms with E-state index >= 15 is 0 Å². The molecule has 5 heteroatoms. The topological polar surface area (TPSA) is 63.7 Å². The Labute approximate surface area is 93.7 Å². The van der Waals surface area contributed by atoms with Crippen LogP contribution in [-0.4, -0.2) is 34.8 Å². The van der Waals surface area contributed by atoms with E-state index in [4.69, 9.17) is 4.74 Å². The van der Waals surface area contributed by atoms with E-state index in [0.29, 0.717) is 32.1 Å². The lowest BCUT2D eigenvalue weighted by Crippen LogP contribution is -2.35. The van der Waals surface area contributed by atoms with Crippen LogP contribution >= 0.6 is 0 Å². The zero-order chi connectivity index (χ0) is 11.7. The van der Waals surface area contributed by atoms with E-state index < -0.39 is 6.10 Å². The summed E-state index contributed by atoms with van der Waals surface area (Å²) >= 11 is 0. The molecule has 2 aliphatic rings. The van der Waals surface area contributed by atoms with Gasteiger partial charge in [0.15, 0.2) is 6.10 Å². The van der Waals surface area contributed by atoms with Gasteiger partial charge in [-0.15, -0.1) is 0 Å². The molecule has 0 aromatic heterocycles. The molecular weight excluding hydrogens is 210 g/mol. The van der Waals surface area contributed by atoms with E-state index in [1.807, 2.05) is 6.92 Å². The second-order valence-electron chi connectivity index (χ2n) is 4.26. The molecule has 2 heterocycles. The molecule has 2 fully saturated rings. The molecule has 2 aliphatic heterocycles. The van der Waals surface area contributed by atoms with Crippen molar-refractivity contribution in [3.63, 3.8) is 0 Å². The number of nitrogens with zero attached hydrogens (tertiary/aromatic N) is 1. The number of carbonyl (C=O) groups excluding carboxylic acids is 3. The molecule has 0 aromatic rings. The van der Waals surface area contributed by atoms with Crippen molar-refractivity contribution in [2.45, 2.75) is 51.2 Å². The Morgan fingerprint density at radius 3 is 2.88 bits per heavy atom. The smallest absolute Gasteiger partial charge is 0.306 e.